The van der Waals surface area contributed by atoms with Crippen LogP contribution in [0, 0.1) is 0 Å². The zero-order chi connectivity index (χ0) is 13.0. The van der Waals surface area contributed by atoms with Crippen molar-refractivity contribution >= 4 is 0 Å². The SMILES string of the molecule is COc1cc(C(O)CN)ccc1OC1CCCC1. The normalized spacial score (nSPS) is 17.7. The molecule has 0 heterocycles. The molecule has 1 atom stereocenters. The predicted octanol–water partition coefficient (Wildman–Crippen LogP) is 2.01. The third-order valence-electron chi connectivity index (χ3n) is 3.39. The Morgan fingerprint density at radius 2 is 2.06 bits per heavy atom. The Balaban J connectivity index is 2.14. The van der Waals surface area contributed by atoms with Crippen molar-refractivity contribution in [3.8, 4) is 11.5 Å². The van der Waals surface area contributed by atoms with Gasteiger partial charge in [-0.2, -0.15) is 0 Å². The maximum atomic E-state index is 9.70. The number of hydrogen-bond donors (Lipinski definition) is 2. The molecule has 4 nitrogen and oxygen atoms in total. The summed E-state index contributed by atoms with van der Waals surface area (Å²) in [5.41, 5.74) is 6.20. The number of nitrogens with two attached hydrogens (primary N) is 1. The van der Waals surface area contributed by atoms with Crippen LogP contribution in [0.3, 0.4) is 0 Å². The number of aliphatic hydroxyl groups excluding tert-OH is 1. The zero-order valence-corrected chi connectivity index (χ0v) is 10.8. The van der Waals surface area contributed by atoms with Crippen molar-refractivity contribution in [3.63, 3.8) is 0 Å². The molecule has 1 aromatic rings. The number of ether oxygens (including phenoxy) is 2. The van der Waals surface area contributed by atoms with Crippen LogP contribution in [0.4, 0.5) is 0 Å². The zero-order valence-electron chi connectivity index (χ0n) is 10.8. The average Bonchev–Trinajstić information content (AvgIpc) is 2.91. The van der Waals surface area contributed by atoms with Crippen LogP contribution in [0.1, 0.15) is 37.4 Å². The van der Waals surface area contributed by atoms with Gasteiger partial charge in [0, 0.05) is 6.54 Å². The first-order valence-corrected chi connectivity index (χ1v) is 6.47. The van der Waals surface area contributed by atoms with Crippen LogP contribution in [0.5, 0.6) is 11.5 Å². The van der Waals surface area contributed by atoms with Gasteiger partial charge in [-0.05, 0) is 43.4 Å². The first-order valence-electron chi connectivity index (χ1n) is 6.47. The van der Waals surface area contributed by atoms with Crippen LogP contribution in [0.2, 0.25) is 0 Å². The molecule has 0 aromatic heterocycles. The van der Waals surface area contributed by atoms with Crippen molar-refractivity contribution in [3.05, 3.63) is 23.8 Å². The second-order valence-corrected chi connectivity index (χ2v) is 4.69. The minimum atomic E-state index is -0.653. The van der Waals surface area contributed by atoms with Crippen molar-refractivity contribution in [1.29, 1.82) is 0 Å². The minimum Gasteiger partial charge on any atom is -0.493 e. The smallest absolute Gasteiger partial charge is 0.161 e. The number of aliphatic hydroxyl groups is 1. The molecular weight excluding hydrogens is 230 g/mol. The highest BCUT2D eigenvalue weighted by molar-refractivity contribution is 5.43. The first kappa shape index (κ1) is 13.2. The van der Waals surface area contributed by atoms with Gasteiger partial charge in [0.2, 0.25) is 0 Å². The van der Waals surface area contributed by atoms with Crippen molar-refractivity contribution in [2.45, 2.75) is 37.9 Å². The summed E-state index contributed by atoms with van der Waals surface area (Å²) >= 11 is 0. The predicted molar refractivity (Wildman–Crippen MR) is 69.9 cm³/mol. The lowest BCUT2D eigenvalue weighted by atomic mass is 10.1. The molecule has 100 valence electrons. The molecule has 1 aromatic carbocycles. The summed E-state index contributed by atoms with van der Waals surface area (Å²) in [5, 5.41) is 9.70. The van der Waals surface area contributed by atoms with E-state index >= 15 is 0 Å². The lowest BCUT2D eigenvalue weighted by Crippen LogP contribution is -2.13. The molecule has 0 saturated heterocycles. The molecule has 1 unspecified atom stereocenters. The van der Waals surface area contributed by atoms with Crippen LogP contribution < -0.4 is 15.2 Å². The van der Waals surface area contributed by atoms with Crippen LogP contribution in [-0.2, 0) is 0 Å². The van der Waals surface area contributed by atoms with Gasteiger partial charge in [-0.3, -0.25) is 0 Å². The molecule has 1 aliphatic carbocycles. The van der Waals surface area contributed by atoms with Crippen molar-refractivity contribution in [1.82, 2.24) is 0 Å². The van der Waals surface area contributed by atoms with Crippen LogP contribution in [-0.4, -0.2) is 24.9 Å². The second-order valence-electron chi connectivity index (χ2n) is 4.69. The van der Waals surface area contributed by atoms with Gasteiger partial charge in [0.25, 0.3) is 0 Å². The summed E-state index contributed by atoms with van der Waals surface area (Å²) in [7, 11) is 1.61. The molecule has 0 aliphatic heterocycles. The maximum absolute atomic E-state index is 9.70. The Kier molecular flexibility index (Phi) is 4.44. The highest BCUT2D eigenvalue weighted by Crippen LogP contribution is 2.33. The number of benzene rings is 1. The average molecular weight is 251 g/mol. The monoisotopic (exact) mass is 251 g/mol. The van der Waals surface area contributed by atoms with Gasteiger partial charge in [-0.1, -0.05) is 6.07 Å². The van der Waals surface area contributed by atoms with Crippen molar-refractivity contribution in [2.75, 3.05) is 13.7 Å². The fourth-order valence-electron chi connectivity index (χ4n) is 2.31. The van der Waals surface area contributed by atoms with Gasteiger partial charge in [0.15, 0.2) is 11.5 Å². The van der Waals surface area contributed by atoms with E-state index in [1.54, 1.807) is 13.2 Å². The molecule has 1 saturated carbocycles. The van der Waals surface area contributed by atoms with E-state index in [0.29, 0.717) is 11.9 Å². The Bertz CT molecular complexity index is 389. The highest BCUT2D eigenvalue weighted by atomic mass is 16.5. The van der Waals surface area contributed by atoms with Gasteiger partial charge < -0.3 is 20.3 Å². The Hall–Kier alpha value is -1.26. The molecule has 0 amide bonds. The number of rotatable bonds is 5. The van der Waals surface area contributed by atoms with Crippen molar-refractivity contribution in [2.24, 2.45) is 5.73 Å². The quantitative estimate of drug-likeness (QED) is 0.840. The van der Waals surface area contributed by atoms with Crippen LogP contribution in [0.25, 0.3) is 0 Å². The summed E-state index contributed by atoms with van der Waals surface area (Å²) in [6.07, 6.45) is 4.32. The molecule has 1 fully saturated rings. The summed E-state index contributed by atoms with van der Waals surface area (Å²) in [5.74, 6) is 1.41. The summed E-state index contributed by atoms with van der Waals surface area (Å²) in [6, 6.07) is 5.48. The van der Waals surface area contributed by atoms with Gasteiger partial charge >= 0.3 is 0 Å². The van der Waals surface area contributed by atoms with Gasteiger partial charge in [-0.15, -0.1) is 0 Å². The maximum Gasteiger partial charge on any atom is 0.161 e. The van der Waals surface area contributed by atoms with Gasteiger partial charge in [-0.25, -0.2) is 0 Å². The van der Waals surface area contributed by atoms with E-state index in [1.165, 1.54) is 12.8 Å². The van der Waals surface area contributed by atoms with E-state index in [2.05, 4.69) is 0 Å². The van der Waals surface area contributed by atoms with E-state index < -0.39 is 6.10 Å². The van der Waals surface area contributed by atoms with Gasteiger partial charge in [0.05, 0.1) is 19.3 Å². The molecular formula is C14H21NO3. The van der Waals surface area contributed by atoms with Crippen molar-refractivity contribution < 1.29 is 14.6 Å². The Labute approximate surface area is 108 Å². The van der Waals surface area contributed by atoms with E-state index in [4.69, 9.17) is 15.2 Å². The minimum absolute atomic E-state index is 0.200. The van der Waals surface area contributed by atoms with E-state index in [9.17, 15) is 5.11 Å². The highest BCUT2D eigenvalue weighted by Gasteiger charge is 2.19. The number of hydrogen-bond acceptors (Lipinski definition) is 4. The summed E-state index contributed by atoms with van der Waals surface area (Å²) in [4.78, 5) is 0. The lowest BCUT2D eigenvalue weighted by molar-refractivity contribution is 0.184. The fourth-order valence-corrected chi connectivity index (χ4v) is 2.31. The fraction of sp³-hybridized carbons (Fsp3) is 0.571. The van der Waals surface area contributed by atoms with Crippen LogP contribution in [0.15, 0.2) is 18.2 Å². The first-order chi connectivity index (χ1) is 8.74. The Morgan fingerprint density at radius 1 is 1.33 bits per heavy atom. The van der Waals surface area contributed by atoms with E-state index in [1.807, 2.05) is 12.1 Å². The molecule has 3 N–H and O–H groups in total. The second kappa shape index (κ2) is 6.07. The summed E-state index contributed by atoms with van der Waals surface area (Å²) < 4.78 is 11.2. The molecule has 0 bridgehead atoms. The molecule has 0 radical (unpaired) electrons. The van der Waals surface area contributed by atoms with E-state index in [-0.39, 0.29) is 6.54 Å². The third kappa shape index (κ3) is 2.94. The van der Waals surface area contributed by atoms with Gasteiger partial charge in [0.1, 0.15) is 0 Å². The Morgan fingerprint density at radius 3 is 2.67 bits per heavy atom. The molecule has 1 aliphatic rings. The molecule has 2 rings (SSSR count). The molecule has 18 heavy (non-hydrogen) atoms. The van der Waals surface area contributed by atoms with Crippen LogP contribution >= 0.6 is 0 Å². The largest absolute Gasteiger partial charge is 0.493 e. The lowest BCUT2D eigenvalue weighted by Gasteiger charge is -2.17. The molecule has 4 heteroatoms. The number of methoxy groups -OCH3 is 1. The molecule has 0 spiro atoms. The topological polar surface area (TPSA) is 64.7 Å². The summed E-state index contributed by atoms with van der Waals surface area (Å²) in [6.45, 7) is 0.200. The standard InChI is InChI=1S/C14H21NO3/c1-17-14-8-10(12(16)9-15)6-7-13(14)18-11-4-2-3-5-11/h6-8,11-12,16H,2-5,9,15H2,1H3. The third-order valence-corrected chi connectivity index (χ3v) is 3.39. The van der Waals surface area contributed by atoms with E-state index in [0.717, 1.165) is 24.2 Å².